The van der Waals surface area contributed by atoms with E-state index < -0.39 is 11.0 Å². The Hall–Kier alpha value is -1.27. The van der Waals surface area contributed by atoms with Crippen molar-refractivity contribution in [2.75, 3.05) is 5.23 Å². The number of alkyl halides is 1. The summed E-state index contributed by atoms with van der Waals surface area (Å²) in [6.07, 6.45) is 9.23. The minimum Gasteiger partial charge on any atom is -0.391 e. The van der Waals surface area contributed by atoms with Gasteiger partial charge in [0.25, 0.3) is 0 Å². The number of aromatic amines is 1. The zero-order valence-electron chi connectivity index (χ0n) is 15.6. The Kier molecular flexibility index (Phi) is 8.73. The van der Waals surface area contributed by atoms with E-state index in [-0.39, 0.29) is 11.0 Å². The van der Waals surface area contributed by atoms with E-state index in [1.807, 2.05) is 6.92 Å². The highest BCUT2D eigenvalue weighted by Crippen LogP contribution is 2.29. The Morgan fingerprint density at radius 1 is 1.28 bits per heavy atom. The van der Waals surface area contributed by atoms with Crippen molar-refractivity contribution in [2.24, 2.45) is 0 Å². The van der Waals surface area contributed by atoms with Gasteiger partial charge in [-0.3, -0.25) is 10.4 Å². The second-order valence-electron chi connectivity index (χ2n) is 7.09. The number of rotatable bonds is 10. The van der Waals surface area contributed by atoms with Crippen LogP contribution < -0.4 is 5.23 Å². The van der Waals surface area contributed by atoms with Crippen LogP contribution in [0.25, 0.3) is 0 Å². The second kappa shape index (κ2) is 10.0. The molecule has 0 aliphatic carbocycles. The fourth-order valence-electron chi connectivity index (χ4n) is 2.55. The summed E-state index contributed by atoms with van der Waals surface area (Å²) in [5, 5.41) is 28.3. The zero-order chi connectivity index (χ0) is 19.0. The van der Waals surface area contributed by atoms with Crippen LogP contribution in [-0.4, -0.2) is 31.5 Å². The van der Waals surface area contributed by atoms with E-state index in [1.165, 1.54) is 11.1 Å². The molecule has 25 heavy (non-hydrogen) atoms. The van der Waals surface area contributed by atoms with Crippen LogP contribution in [0.3, 0.4) is 0 Å². The largest absolute Gasteiger partial charge is 0.391 e. The molecule has 2 atom stereocenters. The van der Waals surface area contributed by atoms with Crippen LogP contribution in [-0.2, 0) is 6.42 Å². The highest BCUT2D eigenvalue weighted by Gasteiger charge is 2.30. The maximum Gasteiger partial charge on any atom is 0.161 e. The molecule has 5 nitrogen and oxygen atoms in total. The monoisotopic (exact) mass is 370 g/mol. The molecule has 6 heteroatoms. The number of nitrogens with one attached hydrogen (secondary N) is 1. The van der Waals surface area contributed by atoms with E-state index >= 15 is 0 Å². The third-order valence-electron chi connectivity index (χ3n) is 4.28. The van der Waals surface area contributed by atoms with Crippen LogP contribution in [0.4, 0.5) is 5.82 Å². The Bertz CT molecular complexity index is 587. The van der Waals surface area contributed by atoms with Gasteiger partial charge in [0, 0.05) is 12.6 Å². The van der Waals surface area contributed by atoms with E-state index in [1.54, 1.807) is 12.3 Å². The summed E-state index contributed by atoms with van der Waals surface area (Å²) < 4.78 is 0. The summed E-state index contributed by atoms with van der Waals surface area (Å²) in [5.41, 5.74) is 3.43. The molecule has 0 fully saturated rings. The summed E-state index contributed by atoms with van der Waals surface area (Å²) in [4.78, 5) is 1.96. The molecule has 0 saturated carbocycles. The van der Waals surface area contributed by atoms with E-state index in [2.05, 4.69) is 37.9 Å². The lowest BCUT2D eigenvalue weighted by Crippen LogP contribution is -2.35. The SMILES string of the molecule is CC(C)=CCCC(C)=CCCC(C)(Cl)C(O)Cc1c[nH]c(N(O)O)c1. The lowest BCUT2D eigenvalue weighted by atomic mass is 9.93. The normalized spacial score (nSPS) is 15.6. The molecule has 0 aliphatic rings. The van der Waals surface area contributed by atoms with Gasteiger partial charge in [-0.2, -0.15) is 0 Å². The van der Waals surface area contributed by atoms with Crippen molar-refractivity contribution in [1.29, 1.82) is 0 Å². The van der Waals surface area contributed by atoms with Crippen molar-refractivity contribution in [2.45, 2.75) is 70.8 Å². The zero-order valence-corrected chi connectivity index (χ0v) is 16.3. The first kappa shape index (κ1) is 21.8. The Balaban J connectivity index is 2.48. The second-order valence-corrected chi connectivity index (χ2v) is 7.95. The van der Waals surface area contributed by atoms with Crippen molar-refractivity contribution in [3.05, 3.63) is 41.1 Å². The van der Waals surface area contributed by atoms with Crippen molar-refractivity contribution in [3.63, 3.8) is 0 Å². The number of H-pyrrole nitrogens is 1. The molecule has 0 bridgehead atoms. The van der Waals surface area contributed by atoms with E-state index in [0.717, 1.165) is 24.8 Å². The number of halogens is 1. The topological polar surface area (TPSA) is 79.7 Å². The molecule has 0 aliphatic heterocycles. The summed E-state index contributed by atoms with van der Waals surface area (Å²) in [6.45, 7) is 8.16. The molecular formula is C19H31ClN2O3. The molecule has 1 heterocycles. The van der Waals surface area contributed by atoms with Gasteiger partial charge in [-0.15, -0.1) is 16.8 Å². The molecule has 0 spiro atoms. The van der Waals surface area contributed by atoms with Gasteiger partial charge in [0.15, 0.2) is 5.82 Å². The summed E-state index contributed by atoms with van der Waals surface area (Å²) >= 11 is 6.53. The molecule has 0 amide bonds. The number of aromatic nitrogens is 1. The molecule has 0 saturated heterocycles. The maximum atomic E-state index is 10.4. The van der Waals surface area contributed by atoms with Crippen LogP contribution in [0, 0.1) is 0 Å². The highest BCUT2D eigenvalue weighted by atomic mass is 35.5. The highest BCUT2D eigenvalue weighted by molar-refractivity contribution is 6.24. The van der Waals surface area contributed by atoms with Gasteiger partial charge in [0.05, 0.1) is 11.0 Å². The number of allylic oxidation sites excluding steroid dienone is 4. The number of aliphatic hydroxyl groups excluding tert-OH is 1. The van der Waals surface area contributed by atoms with Crippen LogP contribution >= 0.6 is 11.6 Å². The molecule has 2 unspecified atom stereocenters. The third kappa shape index (κ3) is 8.10. The lowest BCUT2D eigenvalue weighted by molar-refractivity contribution is 0.0270. The molecule has 142 valence electrons. The van der Waals surface area contributed by atoms with Crippen molar-refractivity contribution in [1.82, 2.24) is 4.98 Å². The van der Waals surface area contributed by atoms with Gasteiger partial charge >= 0.3 is 0 Å². The van der Waals surface area contributed by atoms with Crippen molar-refractivity contribution >= 4 is 17.4 Å². The summed E-state index contributed by atoms with van der Waals surface area (Å²) in [5.74, 6) is 0.147. The average Bonchev–Trinajstić information content (AvgIpc) is 2.95. The van der Waals surface area contributed by atoms with Gasteiger partial charge < -0.3 is 10.1 Å². The lowest BCUT2D eigenvalue weighted by Gasteiger charge is -2.27. The van der Waals surface area contributed by atoms with Gasteiger partial charge in [0.2, 0.25) is 0 Å². The number of hydrogen-bond donors (Lipinski definition) is 4. The molecular weight excluding hydrogens is 340 g/mol. The van der Waals surface area contributed by atoms with Crippen LogP contribution in [0.5, 0.6) is 0 Å². The van der Waals surface area contributed by atoms with Gasteiger partial charge in [-0.05, 0) is 65.0 Å². The van der Waals surface area contributed by atoms with E-state index in [0.29, 0.717) is 12.8 Å². The maximum absolute atomic E-state index is 10.4. The predicted octanol–water partition coefficient (Wildman–Crippen LogP) is 4.97. The van der Waals surface area contributed by atoms with Gasteiger partial charge in [-0.1, -0.05) is 23.3 Å². The minimum atomic E-state index is -0.744. The summed E-state index contributed by atoms with van der Waals surface area (Å²) in [7, 11) is 0. The Labute approximate surface area is 155 Å². The third-order valence-corrected chi connectivity index (χ3v) is 4.72. The molecule has 1 rings (SSSR count). The van der Waals surface area contributed by atoms with Crippen LogP contribution in [0.2, 0.25) is 0 Å². The quantitative estimate of drug-likeness (QED) is 0.266. The standard InChI is InChI=1S/C19H31ClN2O3/c1-14(2)7-5-8-15(3)9-6-10-19(4,20)17(23)11-16-12-18(21-13-16)22(24)25/h7,9,12-13,17,21,23-25H,5-6,8,10-11H2,1-4H3. The molecule has 0 radical (unpaired) electrons. The average molecular weight is 371 g/mol. The van der Waals surface area contributed by atoms with E-state index in [9.17, 15) is 5.11 Å². The number of aliphatic hydroxyl groups is 1. The first-order chi connectivity index (χ1) is 11.6. The summed E-state index contributed by atoms with van der Waals surface area (Å²) in [6, 6.07) is 1.56. The molecule has 1 aromatic rings. The number of nitrogens with zero attached hydrogens (tertiary/aromatic N) is 1. The van der Waals surface area contributed by atoms with E-state index in [4.69, 9.17) is 22.0 Å². The fourth-order valence-corrected chi connectivity index (χ4v) is 2.74. The molecule has 0 aromatic carbocycles. The smallest absolute Gasteiger partial charge is 0.161 e. The number of hydrogen-bond acceptors (Lipinski definition) is 4. The molecule has 1 aromatic heterocycles. The molecule has 4 N–H and O–H groups in total. The van der Waals surface area contributed by atoms with Gasteiger partial charge in [-0.25, -0.2) is 0 Å². The van der Waals surface area contributed by atoms with Crippen LogP contribution in [0.15, 0.2) is 35.6 Å². The number of anilines is 1. The fraction of sp³-hybridized carbons (Fsp3) is 0.579. The van der Waals surface area contributed by atoms with Crippen LogP contribution in [0.1, 0.15) is 58.9 Å². The first-order valence-electron chi connectivity index (χ1n) is 8.63. The Morgan fingerprint density at radius 3 is 2.52 bits per heavy atom. The van der Waals surface area contributed by atoms with Crippen molar-refractivity contribution < 1.29 is 15.5 Å². The minimum absolute atomic E-state index is 0.0125. The van der Waals surface area contributed by atoms with Gasteiger partial charge in [0.1, 0.15) is 0 Å². The first-order valence-corrected chi connectivity index (χ1v) is 9.00. The Morgan fingerprint density at radius 2 is 1.96 bits per heavy atom. The predicted molar refractivity (Wildman–Crippen MR) is 102 cm³/mol. The van der Waals surface area contributed by atoms with Crippen molar-refractivity contribution in [3.8, 4) is 0 Å².